The van der Waals surface area contributed by atoms with E-state index in [-0.39, 0.29) is 11.6 Å². The van der Waals surface area contributed by atoms with Gasteiger partial charge in [0.05, 0.1) is 11.6 Å². The summed E-state index contributed by atoms with van der Waals surface area (Å²) in [6.07, 6.45) is 1.56. The van der Waals surface area contributed by atoms with Gasteiger partial charge in [-0.25, -0.2) is 0 Å². The summed E-state index contributed by atoms with van der Waals surface area (Å²) in [6.45, 7) is 2.12. The fourth-order valence-corrected chi connectivity index (χ4v) is 2.52. The van der Waals surface area contributed by atoms with Crippen molar-refractivity contribution in [2.75, 3.05) is 14.1 Å². The molecule has 2 heteroatoms. The van der Waals surface area contributed by atoms with E-state index in [2.05, 4.69) is 36.1 Å². The minimum Gasteiger partial charge on any atom is -0.391 e. The van der Waals surface area contributed by atoms with Crippen LogP contribution in [-0.2, 0) is 12.0 Å². The number of nitrogens with zero attached hydrogens (tertiary/aromatic N) is 1. The molecule has 0 spiro atoms. The normalized spacial score (nSPS) is 30.3. The molecule has 0 saturated heterocycles. The van der Waals surface area contributed by atoms with Crippen molar-refractivity contribution in [3.8, 4) is 0 Å². The molecule has 1 aliphatic carbocycles. The van der Waals surface area contributed by atoms with E-state index in [9.17, 15) is 5.11 Å². The van der Waals surface area contributed by atoms with Crippen molar-refractivity contribution >= 4 is 0 Å². The highest BCUT2D eigenvalue weighted by Gasteiger charge is 2.40. The number of rotatable bonds is 1. The maximum atomic E-state index is 10.2. The third kappa shape index (κ3) is 1.48. The Morgan fingerprint density at radius 3 is 2.67 bits per heavy atom. The Hall–Kier alpha value is -0.860. The van der Waals surface area contributed by atoms with Gasteiger partial charge in [-0.15, -0.1) is 0 Å². The SMILES string of the molecule is CN(C)[C@@]1(C)c2ccccc2CC[C@H]1O. The molecular weight excluding hydrogens is 186 g/mol. The minimum absolute atomic E-state index is 0.241. The highest BCUT2D eigenvalue weighted by atomic mass is 16.3. The molecule has 0 fully saturated rings. The van der Waals surface area contributed by atoms with Gasteiger partial charge in [0, 0.05) is 0 Å². The Labute approximate surface area is 91.5 Å². The zero-order valence-electron chi connectivity index (χ0n) is 9.70. The largest absolute Gasteiger partial charge is 0.391 e. The number of aryl methyl sites for hydroxylation is 1. The molecule has 0 unspecified atom stereocenters. The number of benzene rings is 1. The van der Waals surface area contributed by atoms with Crippen LogP contribution in [-0.4, -0.2) is 30.2 Å². The lowest BCUT2D eigenvalue weighted by Crippen LogP contribution is -2.51. The van der Waals surface area contributed by atoms with Gasteiger partial charge < -0.3 is 5.11 Å². The van der Waals surface area contributed by atoms with Crippen LogP contribution in [0.5, 0.6) is 0 Å². The fourth-order valence-electron chi connectivity index (χ4n) is 2.52. The second-order valence-corrected chi connectivity index (χ2v) is 4.75. The topological polar surface area (TPSA) is 23.5 Å². The van der Waals surface area contributed by atoms with Gasteiger partial charge >= 0.3 is 0 Å². The number of likely N-dealkylation sites (N-methyl/N-ethyl adjacent to an activating group) is 1. The van der Waals surface area contributed by atoms with E-state index in [1.54, 1.807) is 0 Å². The van der Waals surface area contributed by atoms with Crippen molar-refractivity contribution < 1.29 is 5.11 Å². The summed E-state index contributed by atoms with van der Waals surface area (Å²) in [5, 5.41) is 10.2. The summed E-state index contributed by atoms with van der Waals surface area (Å²) in [5.74, 6) is 0. The first kappa shape index (κ1) is 10.7. The molecular formula is C13H19NO. The second kappa shape index (κ2) is 3.62. The van der Waals surface area contributed by atoms with E-state index in [1.165, 1.54) is 11.1 Å². The summed E-state index contributed by atoms with van der Waals surface area (Å²) in [5.41, 5.74) is 2.40. The van der Waals surface area contributed by atoms with Crippen LogP contribution < -0.4 is 0 Å². The molecule has 1 aliphatic rings. The van der Waals surface area contributed by atoms with Crippen molar-refractivity contribution in [2.45, 2.75) is 31.4 Å². The minimum atomic E-state index is -0.276. The lowest BCUT2D eigenvalue weighted by Gasteiger charge is -2.45. The molecule has 15 heavy (non-hydrogen) atoms. The van der Waals surface area contributed by atoms with Crippen LogP contribution >= 0.6 is 0 Å². The quantitative estimate of drug-likeness (QED) is 0.755. The predicted octanol–water partition coefficient (Wildman–Crippen LogP) is 1.77. The number of aliphatic hydroxyl groups excluding tert-OH is 1. The molecule has 0 saturated carbocycles. The van der Waals surface area contributed by atoms with Crippen molar-refractivity contribution in [3.05, 3.63) is 35.4 Å². The molecule has 0 radical (unpaired) electrons. The number of aliphatic hydroxyl groups is 1. The van der Waals surface area contributed by atoms with E-state index in [0.29, 0.717) is 0 Å². The number of hydrogen-bond donors (Lipinski definition) is 1. The van der Waals surface area contributed by atoms with Crippen molar-refractivity contribution in [1.82, 2.24) is 4.90 Å². The highest BCUT2D eigenvalue weighted by Crippen LogP contribution is 2.38. The summed E-state index contributed by atoms with van der Waals surface area (Å²) in [4.78, 5) is 2.12. The van der Waals surface area contributed by atoms with Gasteiger partial charge in [-0.2, -0.15) is 0 Å². The average molecular weight is 205 g/mol. The van der Waals surface area contributed by atoms with Gasteiger partial charge in [0.25, 0.3) is 0 Å². The molecule has 1 aromatic rings. The Bertz CT molecular complexity index is 361. The van der Waals surface area contributed by atoms with Crippen molar-refractivity contribution in [2.24, 2.45) is 0 Å². The van der Waals surface area contributed by atoms with Gasteiger partial charge in [0.1, 0.15) is 0 Å². The summed E-state index contributed by atoms with van der Waals surface area (Å²) in [7, 11) is 4.07. The van der Waals surface area contributed by atoms with E-state index in [1.807, 2.05) is 14.1 Å². The zero-order valence-corrected chi connectivity index (χ0v) is 9.70. The fraction of sp³-hybridized carbons (Fsp3) is 0.538. The number of hydrogen-bond acceptors (Lipinski definition) is 2. The Kier molecular flexibility index (Phi) is 2.57. The lowest BCUT2D eigenvalue weighted by molar-refractivity contribution is -0.0107. The van der Waals surface area contributed by atoms with Gasteiger partial charge in [-0.3, -0.25) is 4.90 Å². The van der Waals surface area contributed by atoms with Crippen LogP contribution in [0.4, 0.5) is 0 Å². The maximum Gasteiger partial charge on any atom is 0.0766 e. The summed E-state index contributed by atoms with van der Waals surface area (Å²) < 4.78 is 0. The van der Waals surface area contributed by atoms with Crippen LogP contribution in [0.1, 0.15) is 24.5 Å². The summed E-state index contributed by atoms with van der Waals surface area (Å²) >= 11 is 0. The molecule has 0 aliphatic heterocycles. The van der Waals surface area contributed by atoms with E-state index in [0.717, 1.165) is 12.8 Å². The second-order valence-electron chi connectivity index (χ2n) is 4.75. The van der Waals surface area contributed by atoms with E-state index < -0.39 is 0 Å². The van der Waals surface area contributed by atoms with Gasteiger partial charge in [0.15, 0.2) is 0 Å². The standard InChI is InChI=1S/C13H19NO/c1-13(14(2)3)11-7-5-4-6-10(11)8-9-12(13)15/h4-7,12,15H,8-9H2,1-3H3/t12-,13+/m1/s1. The molecule has 1 N–H and O–H groups in total. The van der Waals surface area contributed by atoms with Crippen LogP contribution in [0.25, 0.3) is 0 Å². The van der Waals surface area contributed by atoms with Crippen molar-refractivity contribution in [1.29, 1.82) is 0 Å². The molecule has 1 aromatic carbocycles. The van der Waals surface area contributed by atoms with Crippen LogP contribution in [0.2, 0.25) is 0 Å². The summed E-state index contributed by atoms with van der Waals surface area (Å²) in [6, 6.07) is 8.44. The first-order valence-electron chi connectivity index (χ1n) is 5.50. The molecule has 2 atom stereocenters. The van der Waals surface area contributed by atoms with Gasteiger partial charge in [0.2, 0.25) is 0 Å². The monoisotopic (exact) mass is 205 g/mol. The van der Waals surface area contributed by atoms with Gasteiger partial charge in [-0.05, 0) is 45.0 Å². The van der Waals surface area contributed by atoms with Crippen molar-refractivity contribution in [3.63, 3.8) is 0 Å². The van der Waals surface area contributed by atoms with Crippen LogP contribution in [0.3, 0.4) is 0 Å². The third-order valence-electron chi connectivity index (χ3n) is 3.83. The Morgan fingerprint density at radius 1 is 1.33 bits per heavy atom. The van der Waals surface area contributed by atoms with E-state index >= 15 is 0 Å². The molecule has 0 aromatic heterocycles. The maximum absolute atomic E-state index is 10.2. The molecule has 2 nitrogen and oxygen atoms in total. The molecule has 82 valence electrons. The predicted molar refractivity (Wildman–Crippen MR) is 61.8 cm³/mol. The lowest BCUT2D eigenvalue weighted by atomic mass is 9.75. The Balaban J connectivity index is 2.55. The molecule has 0 amide bonds. The molecule has 0 bridgehead atoms. The van der Waals surface area contributed by atoms with Crippen LogP contribution in [0.15, 0.2) is 24.3 Å². The Morgan fingerprint density at radius 2 is 2.00 bits per heavy atom. The first-order valence-corrected chi connectivity index (χ1v) is 5.50. The third-order valence-corrected chi connectivity index (χ3v) is 3.83. The van der Waals surface area contributed by atoms with Crippen LogP contribution in [0, 0.1) is 0 Å². The number of fused-ring (bicyclic) bond motifs is 1. The molecule has 2 rings (SSSR count). The first-order chi connectivity index (χ1) is 7.06. The highest BCUT2D eigenvalue weighted by molar-refractivity contribution is 5.37. The van der Waals surface area contributed by atoms with Gasteiger partial charge in [-0.1, -0.05) is 24.3 Å². The zero-order chi connectivity index (χ0) is 11.1. The van der Waals surface area contributed by atoms with E-state index in [4.69, 9.17) is 0 Å². The molecule has 0 heterocycles. The smallest absolute Gasteiger partial charge is 0.0766 e. The average Bonchev–Trinajstić information content (AvgIpc) is 2.23.